The lowest BCUT2D eigenvalue weighted by molar-refractivity contribution is -0.121. The Labute approximate surface area is 161 Å². The largest absolute Gasteiger partial charge is 0.352 e. The molecule has 0 fully saturated rings. The average Bonchev–Trinajstić information content (AvgIpc) is 2.69. The van der Waals surface area contributed by atoms with Gasteiger partial charge in [-0.3, -0.25) is 9.59 Å². The Morgan fingerprint density at radius 1 is 0.929 bits per heavy atom. The van der Waals surface area contributed by atoms with Crippen molar-refractivity contribution < 1.29 is 18.4 Å². The van der Waals surface area contributed by atoms with Gasteiger partial charge in [0.25, 0.3) is 5.91 Å². The predicted octanol–water partition coefficient (Wildman–Crippen LogP) is 4.12. The SMILES string of the molecule is CC(NC(=O)CCNC(=O)c1ccc2ccccc2c1)c1ccc(F)c(F)c1. The highest BCUT2D eigenvalue weighted by Gasteiger charge is 2.13. The molecule has 28 heavy (non-hydrogen) atoms. The van der Waals surface area contributed by atoms with Crippen LogP contribution in [0, 0.1) is 11.6 Å². The second-order valence-corrected chi connectivity index (χ2v) is 6.53. The molecule has 0 spiro atoms. The molecule has 3 aromatic carbocycles. The van der Waals surface area contributed by atoms with Gasteiger partial charge in [-0.15, -0.1) is 0 Å². The van der Waals surface area contributed by atoms with E-state index in [4.69, 9.17) is 0 Å². The second kappa shape index (κ2) is 8.61. The fraction of sp³-hybridized carbons (Fsp3) is 0.182. The van der Waals surface area contributed by atoms with E-state index in [0.717, 1.165) is 22.9 Å². The summed E-state index contributed by atoms with van der Waals surface area (Å²) in [4.78, 5) is 24.3. The summed E-state index contributed by atoms with van der Waals surface area (Å²) in [6.07, 6.45) is 0.0767. The lowest BCUT2D eigenvalue weighted by Gasteiger charge is -2.15. The van der Waals surface area contributed by atoms with E-state index < -0.39 is 17.7 Å². The van der Waals surface area contributed by atoms with Crippen molar-refractivity contribution >= 4 is 22.6 Å². The summed E-state index contributed by atoms with van der Waals surface area (Å²) < 4.78 is 26.3. The third-order valence-electron chi connectivity index (χ3n) is 4.47. The molecule has 1 atom stereocenters. The van der Waals surface area contributed by atoms with Gasteiger partial charge in [0.2, 0.25) is 5.91 Å². The summed E-state index contributed by atoms with van der Waals surface area (Å²) in [5.41, 5.74) is 0.988. The highest BCUT2D eigenvalue weighted by Crippen LogP contribution is 2.17. The van der Waals surface area contributed by atoms with E-state index in [1.165, 1.54) is 6.07 Å². The minimum Gasteiger partial charge on any atom is -0.352 e. The number of nitrogens with one attached hydrogen (secondary N) is 2. The molecule has 2 N–H and O–H groups in total. The first-order valence-electron chi connectivity index (χ1n) is 8.95. The van der Waals surface area contributed by atoms with Crippen molar-refractivity contribution in [2.75, 3.05) is 6.54 Å². The molecule has 1 unspecified atom stereocenters. The number of hydrogen-bond acceptors (Lipinski definition) is 2. The maximum atomic E-state index is 13.3. The van der Waals surface area contributed by atoms with E-state index in [9.17, 15) is 18.4 Å². The molecule has 0 saturated heterocycles. The van der Waals surface area contributed by atoms with Crippen LogP contribution in [0.2, 0.25) is 0 Å². The molecule has 0 aliphatic heterocycles. The van der Waals surface area contributed by atoms with Crippen LogP contribution in [0.25, 0.3) is 10.8 Å². The molecule has 0 aromatic heterocycles. The highest BCUT2D eigenvalue weighted by molar-refractivity contribution is 5.98. The summed E-state index contributed by atoms with van der Waals surface area (Å²) >= 11 is 0. The van der Waals surface area contributed by atoms with E-state index in [2.05, 4.69) is 10.6 Å². The third-order valence-corrected chi connectivity index (χ3v) is 4.47. The summed E-state index contributed by atoms with van der Waals surface area (Å²) in [5, 5.41) is 7.43. The third kappa shape index (κ3) is 4.71. The second-order valence-electron chi connectivity index (χ2n) is 6.53. The first-order chi connectivity index (χ1) is 13.4. The summed E-state index contributed by atoms with van der Waals surface area (Å²) in [6.45, 7) is 1.85. The van der Waals surface area contributed by atoms with E-state index in [1.54, 1.807) is 19.1 Å². The van der Waals surface area contributed by atoms with Crippen LogP contribution in [0.1, 0.15) is 35.3 Å². The van der Waals surface area contributed by atoms with Crippen LogP contribution in [-0.4, -0.2) is 18.4 Å². The predicted molar refractivity (Wildman–Crippen MR) is 104 cm³/mol. The fourth-order valence-corrected chi connectivity index (χ4v) is 2.90. The van der Waals surface area contributed by atoms with Crippen molar-refractivity contribution in [2.24, 2.45) is 0 Å². The lowest BCUT2D eigenvalue weighted by Crippen LogP contribution is -2.32. The minimum atomic E-state index is -0.957. The van der Waals surface area contributed by atoms with Gasteiger partial charge in [-0.2, -0.15) is 0 Å². The Morgan fingerprint density at radius 2 is 1.68 bits per heavy atom. The van der Waals surface area contributed by atoms with Crippen LogP contribution in [0.15, 0.2) is 60.7 Å². The van der Waals surface area contributed by atoms with E-state index in [1.807, 2.05) is 30.3 Å². The van der Waals surface area contributed by atoms with Gasteiger partial charge in [0.1, 0.15) is 0 Å². The molecular weight excluding hydrogens is 362 g/mol. The summed E-state index contributed by atoms with van der Waals surface area (Å²) in [6, 6.07) is 16.2. The fourth-order valence-electron chi connectivity index (χ4n) is 2.90. The Balaban J connectivity index is 1.50. The van der Waals surface area contributed by atoms with Gasteiger partial charge >= 0.3 is 0 Å². The van der Waals surface area contributed by atoms with E-state index in [0.29, 0.717) is 11.1 Å². The van der Waals surface area contributed by atoms with Crippen LogP contribution in [0.3, 0.4) is 0 Å². The quantitative estimate of drug-likeness (QED) is 0.674. The number of fused-ring (bicyclic) bond motifs is 1. The van der Waals surface area contributed by atoms with Gasteiger partial charge in [0.05, 0.1) is 6.04 Å². The number of amides is 2. The number of hydrogen-bond donors (Lipinski definition) is 2. The van der Waals surface area contributed by atoms with Gasteiger partial charge in [0.15, 0.2) is 11.6 Å². The van der Waals surface area contributed by atoms with Crippen molar-refractivity contribution in [2.45, 2.75) is 19.4 Å². The zero-order valence-electron chi connectivity index (χ0n) is 15.3. The van der Waals surface area contributed by atoms with Gasteiger partial charge in [-0.1, -0.05) is 36.4 Å². The number of benzene rings is 3. The zero-order valence-corrected chi connectivity index (χ0v) is 15.3. The molecule has 4 nitrogen and oxygen atoms in total. The molecule has 0 aliphatic rings. The van der Waals surface area contributed by atoms with Crippen LogP contribution in [0.4, 0.5) is 8.78 Å². The first-order valence-corrected chi connectivity index (χ1v) is 8.95. The lowest BCUT2D eigenvalue weighted by atomic mass is 10.1. The number of halogens is 2. The molecule has 0 bridgehead atoms. The maximum Gasteiger partial charge on any atom is 0.251 e. The molecule has 6 heteroatoms. The topological polar surface area (TPSA) is 58.2 Å². The summed E-state index contributed by atoms with van der Waals surface area (Å²) in [5.74, 6) is -2.44. The smallest absolute Gasteiger partial charge is 0.251 e. The van der Waals surface area contributed by atoms with Crippen molar-refractivity contribution in [3.05, 3.63) is 83.4 Å². The van der Waals surface area contributed by atoms with Crippen LogP contribution < -0.4 is 10.6 Å². The Kier molecular flexibility index (Phi) is 5.99. The molecular formula is C22H20F2N2O2. The highest BCUT2D eigenvalue weighted by atomic mass is 19.2. The van der Waals surface area contributed by atoms with E-state index in [-0.39, 0.29) is 24.8 Å². The number of carbonyl (C=O) groups excluding carboxylic acids is 2. The van der Waals surface area contributed by atoms with Crippen molar-refractivity contribution in [3.8, 4) is 0 Å². The molecule has 3 rings (SSSR count). The van der Waals surface area contributed by atoms with Gasteiger partial charge in [-0.05, 0) is 47.5 Å². The number of rotatable bonds is 6. The standard InChI is InChI=1S/C22H20F2N2O2/c1-14(16-8-9-19(23)20(24)13-16)26-21(27)10-11-25-22(28)18-7-6-15-4-2-3-5-17(15)12-18/h2-9,12-14H,10-11H2,1H3,(H,25,28)(H,26,27). The first kappa shape index (κ1) is 19.5. The van der Waals surface area contributed by atoms with Crippen LogP contribution >= 0.6 is 0 Å². The molecule has 0 saturated carbocycles. The van der Waals surface area contributed by atoms with Crippen molar-refractivity contribution in [1.82, 2.24) is 10.6 Å². The van der Waals surface area contributed by atoms with Gasteiger partial charge in [-0.25, -0.2) is 8.78 Å². The molecule has 3 aromatic rings. The maximum absolute atomic E-state index is 13.3. The Morgan fingerprint density at radius 3 is 2.43 bits per heavy atom. The molecule has 0 radical (unpaired) electrons. The molecule has 144 valence electrons. The van der Waals surface area contributed by atoms with Gasteiger partial charge < -0.3 is 10.6 Å². The minimum absolute atomic E-state index is 0.0767. The molecule has 0 aliphatic carbocycles. The zero-order chi connectivity index (χ0) is 20.1. The average molecular weight is 382 g/mol. The monoisotopic (exact) mass is 382 g/mol. The van der Waals surface area contributed by atoms with Gasteiger partial charge in [0, 0.05) is 18.5 Å². The van der Waals surface area contributed by atoms with Crippen molar-refractivity contribution in [3.63, 3.8) is 0 Å². The molecule has 0 heterocycles. The van der Waals surface area contributed by atoms with E-state index >= 15 is 0 Å². The Hall–Kier alpha value is -3.28. The van der Waals surface area contributed by atoms with Crippen LogP contribution in [-0.2, 0) is 4.79 Å². The van der Waals surface area contributed by atoms with Crippen molar-refractivity contribution in [1.29, 1.82) is 0 Å². The number of carbonyl (C=O) groups is 2. The molecule has 2 amide bonds. The summed E-state index contributed by atoms with van der Waals surface area (Å²) in [7, 11) is 0. The normalized spacial score (nSPS) is 11.8. The Bertz CT molecular complexity index is 1020. The van der Waals surface area contributed by atoms with Crippen LogP contribution in [0.5, 0.6) is 0 Å².